The molecule has 0 radical (unpaired) electrons. The highest BCUT2D eigenvalue weighted by Gasteiger charge is 1.74. The Morgan fingerprint density at radius 2 is 1.18 bits per heavy atom. The Kier molecular flexibility index (Phi) is 14.6. The Hall–Kier alpha value is -0.490. The largest absolute Gasteiger partial charge is 0.0843 e. The van der Waals surface area contributed by atoms with E-state index in [1.807, 2.05) is 58.0 Å². The molecule has 11 heavy (non-hydrogen) atoms. The third-order valence-electron chi connectivity index (χ3n) is 0.733. The average Bonchev–Trinajstić information content (AvgIpc) is 2.13. The maximum atomic E-state index is 5.54. The van der Waals surface area contributed by atoms with Gasteiger partial charge in [0.15, 0.2) is 0 Å². The molecule has 0 fully saturated rings. The van der Waals surface area contributed by atoms with Crippen LogP contribution in [0, 0.1) is 0 Å². The van der Waals surface area contributed by atoms with E-state index in [9.17, 15) is 0 Å². The van der Waals surface area contributed by atoms with Crippen LogP contribution in [0.3, 0.4) is 0 Å². The van der Waals surface area contributed by atoms with E-state index in [4.69, 9.17) is 11.6 Å². The Bertz CT molecular complexity index is 135. The Labute approximate surface area is 75.2 Å². The first kappa shape index (κ1) is 13.1. The second-order valence-electron chi connectivity index (χ2n) is 1.30. The molecule has 0 aromatic heterocycles. The van der Waals surface area contributed by atoms with Crippen LogP contribution in [-0.4, -0.2) is 0 Å². The van der Waals surface area contributed by atoms with Gasteiger partial charge in [0.2, 0.25) is 0 Å². The fourth-order valence-electron chi connectivity index (χ4n) is 0.415. The number of rotatable bonds is 0. The predicted octanol–water partition coefficient (Wildman–Crippen LogP) is 4.39. The van der Waals surface area contributed by atoms with Crippen molar-refractivity contribution in [2.45, 2.75) is 27.7 Å². The van der Waals surface area contributed by atoms with Crippen LogP contribution < -0.4 is 0 Å². The Morgan fingerprint density at radius 3 is 1.36 bits per heavy atom. The zero-order valence-corrected chi connectivity index (χ0v) is 8.52. The van der Waals surface area contributed by atoms with Crippen LogP contribution in [-0.2, 0) is 0 Å². The molecule has 0 heterocycles. The summed E-state index contributed by atoms with van der Waals surface area (Å²) in [6, 6.07) is 9.44. The minimum absolute atomic E-state index is 0.794. The van der Waals surface area contributed by atoms with Gasteiger partial charge >= 0.3 is 0 Å². The quantitative estimate of drug-likeness (QED) is 0.545. The Morgan fingerprint density at radius 1 is 0.818 bits per heavy atom. The minimum Gasteiger partial charge on any atom is -0.0843 e. The summed E-state index contributed by atoms with van der Waals surface area (Å²) in [5.74, 6) is 0. The fourth-order valence-corrected chi connectivity index (χ4v) is 0.560. The van der Waals surface area contributed by atoms with Crippen LogP contribution in [0.5, 0.6) is 0 Å². The molecule has 1 heteroatoms. The lowest BCUT2D eigenvalue weighted by Crippen LogP contribution is -1.55. The van der Waals surface area contributed by atoms with E-state index < -0.39 is 0 Å². The summed E-state index contributed by atoms with van der Waals surface area (Å²) in [6.45, 7) is 8.00. The Balaban J connectivity index is 0. The van der Waals surface area contributed by atoms with E-state index in [0.717, 1.165) is 5.02 Å². The molecule has 1 aromatic carbocycles. The molecule has 0 amide bonds. The van der Waals surface area contributed by atoms with E-state index in [1.54, 1.807) is 0 Å². The van der Waals surface area contributed by atoms with Crippen molar-refractivity contribution in [1.29, 1.82) is 0 Å². The lowest BCUT2D eigenvalue weighted by Gasteiger charge is -1.80. The predicted molar refractivity (Wildman–Crippen MR) is 54.1 cm³/mol. The molecule has 1 rings (SSSR count). The smallest absolute Gasteiger partial charge is 0.0405 e. The van der Waals surface area contributed by atoms with Crippen molar-refractivity contribution >= 4 is 11.6 Å². The lowest BCUT2D eigenvalue weighted by atomic mass is 10.4. The van der Waals surface area contributed by atoms with Crippen molar-refractivity contribution in [2.24, 2.45) is 0 Å². The summed E-state index contributed by atoms with van der Waals surface area (Å²) in [5, 5.41) is 0.794. The minimum atomic E-state index is 0.794. The maximum Gasteiger partial charge on any atom is 0.0405 e. The third-order valence-corrected chi connectivity index (χ3v) is 0.985. The summed E-state index contributed by atoms with van der Waals surface area (Å²) in [7, 11) is 0. The molecule has 0 aliphatic heterocycles. The standard InChI is InChI=1S/C6H5Cl.2C2H6/c7-6-4-2-1-3-5-6;2*1-2/h1-5H;2*1-2H3. The maximum absolute atomic E-state index is 5.54. The van der Waals surface area contributed by atoms with Gasteiger partial charge in [-0.1, -0.05) is 57.5 Å². The zero-order valence-electron chi connectivity index (χ0n) is 7.76. The van der Waals surface area contributed by atoms with Crippen LogP contribution in [0.15, 0.2) is 30.3 Å². The van der Waals surface area contributed by atoms with Crippen LogP contribution in [0.2, 0.25) is 5.02 Å². The summed E-state index contributed by atoms with van der Waals surface area (Å²) >= 11 is 5.54. The highest BCUT2D eigenvalue weighted by atomic mass is 35.5. The summed E-state index contributed by atoms with van der Waals surface area (Å²) in [5.41, 5.74) is 0. The number of hydrogen-bond acceptors (Lipinski definition) is 0. The van der Waals surface area contributed by atoms with E-state index in [2.05, 4.69) is 0 Å². The molecule has 0 aliphatic rings. The van der Waals surface area contributed by atoms with Crippen molar-refractivity contribution < 1.29 is 0 Å². The van der Waals surface area contributed by atoms with Crippen molar-refractivity contribution in [2.75, 3.05) is 0 Å². The molecule has 0 N–H and O–H groups in total. The molecule has 0 aliphatic carbocycles. The van der Waals surface area contributed by atoms with Crippen molar-refractivity contribution in [1.82, 2.24) is 0 Å². The van der Waals surface area contributed by atoms with Crippen LogP contribution in [0.4, 0.5) is 0 Å². The topological polar surface area (TPSA) is 0 Å². The molecule has 1 aromatic rings. The monoisotopic (exact) mass is 172 g/mol. The van der Waals surface area contributed by atoms with Gasteiger partial charge < -0.3 is 0 Å². The third kappa shape index (κ3) is 9.51. The molecule has 0 unspecified atom stereocenters. The van der Waals surface area contributed by atoms with Crippen molar-refractivity contribution in [3.8, 4) is 0 Å². The van der Waals surface area contributed by atoms with Gasteiger partial charge in [0.05, 0.1) is 0 Å². The first-order valence-corrected chi connectivity index (χ1v) is 4.48. The first-order chi connectivity index (χ1) is 5.39. The first-order valence-electron chi connectivity index (χ1n) is 4.10. The van der Waals surface area contributed by atoms with E-state index in [1.165, 1.54) is 0 Å². The van der Waals surface area contributed by atoms with Gasteiger partial charge in [0.25, 0.3) is 0 Å². The van der Waals surface area contributed by atoms with E-state index in [0.29, 0.717) is 0 Å². The van der Waals surface area contributed by atoms with Gasteiger partial charge in [-0.3, -0.25) is 0 Å². The molecule has 0 atom stereocenters. The molecule has 0 saturated carbocycles. The molecule has 0 saturated heterocycles. The zero-order chi connectivity index (χ0) is 9.11. The normalized spacial score (nSPS) is 6.64. The molecular weight excluding hydrogens is 156 g/mol. The molecule has 0 bridgehead atoms. The molecule has 0 nitrogen and oxygen atoms in total. The van der Waals surface area contributed by atoms with Crippen molar-refractivity contribution in [3.63, 3.8) is 0 Å². The van der Waals surface area contributed by atoms with E-state index in [-0.39, 0.29) is 0 Å². The number of benzene rings is 1. The number of hydrogen-bond donors (Lipinski definition) is 0. The lowest BCUT2D eigenvalue weighted by molar-refractivity contribution is 1.50. The van der Waals surface area contributed by atoms with Crippen LogP contribution in [0.1, 0.15) is 27.7 Å². The fraction of sp³-hybridized carbons (Fsp3) is 0.400. The van der Waals surface area contributed by atoms with Gasteiger partial charge in [-0.2, -0.15) is 0 Å². The second kappa shape index (κ2) is 12.2. The molecular formula is C10H17Cl. The number of halogens is 1. The van der Waals surface area contributed by atoms with Gasteiger partial charge in [0.1, 0.15) is 0 Å². The van der Waals surface area contributed by atoms with Crippen LogP contribution >= 0.6 is 11.6 Å². The highest BCUT2D eigenvalue weighted by Crippen LogP contribution is 2.03. The van der Waals surface area contributed by atoms with E-state index >= 15 is 0 Å². The SMILES string of the molecule is CC.CC.Clc1ccccc1. The average molecular weight is 173 g/mol. The summed E-state index contributed by atoms with van der Waals surface area (Å²) < 4.78 is 0. The van der Waals surface area contributed by atoms with Gasteiger partial charge in [-0.05, 0) is 12.1 Å². The summed E-state index contributed by atoms with van der Waals surface area (Å²) in [4.78, 5) is 0. The van der Waals surface area contributed by atoms with Crippen molar-refractivity contribution in [3.05, 3.63) is 35.4 Å². The highest BCUT2D eigenvalue weighted by molar-refractivity contribution is 6.30. The molecule has 64 valence electrons. The summed E-state index contributed by atoms with van der Waals surface area (Å²) in [6.07, 6.45) is 0. The molecule has 0 spiro atoms. The second-order valence-corrected chi connectivity index (χ2v) is 1.73. The van der Waals surface area contributed by atoms with Crippen LogP contribution in [0.25, 0.3) is 0 Å². The van der Waals surface area contributed by atoms with Gasteiger partial charge in [-0.15, -0.1) is 0 Å². The van der Waals surface area contributed by atoms with Gasteiger partial charge in [0, 0.05) is 5.02 Å². The van der Waals surface area contributed by atoms with Gasteiger partial charge in [-0.25, -0.2) is 0 Å².